The van der Waals surface area contributed by atoms with Gasteiger partial charge in [-0.2, -0.15) is 0 Å². The number of benzene rings is 1. The first-order valence-electron chi connectivity index (χ1n) is 12.8. The Morgan fingerprint density at radius 1 is 1.13 bits per heavy atom. The highest BCUT2D eigenvalue weighted by molar-refractivity contribution is 5.41. The second kappa shape index (κ2) is 8.67. The molecule has 3 fully saturated rings. The van der Waals surface area contributed by atoms with E-state index in [-0.39, 0.29) is 17.4 Å². The summed E-state index contributed by atoms with van der Waals surface area (Å²) < 4.78 is 15.8. The van der Waals surface area contributed by atoms with Crippen molar-refractivity contribution in [3.8, 4) is 5.75 Å². The molecule has 172 valence electrons. The van der Waals surface area contributed by atoms with Crippen LogP contribution in [0.4, 0.5) is 4.39 Å². The summed E-state index contributed by atoms with van der Waals surface area (Å²) in [6.45, 7) is 5.92. The fourth-order valence-corrected chi connectivity index (χ4v) is 7.96. The number of phenols is 1. The molecule has 0 radical (unpaired) electrons. The van der Waals surface area contributed by atoms with Crippen molar-refractivity contribution in [1.29, 1.82) is 0 Å². The summed E-state index contributed by atoms with van der Waals surface area (Å²) in [5.74, 6) is 1.42. The first-order chi connectivity index (χ1) is 15.0. The molecule has 4 heteroatoms. The van der Waals surface area contributed by atoms with Gasteiger partial charge in [-0.25, -0.2) is 4.39 Å². The van der Waals surface area contributed by atoms with Crippen molar-refractivity contribution in [3.63, 3.8) is 0 Å². The molecule has 1 aromatic rings. The van der Waals surface area contributed by atoms with Crippen molar-refractivity contribution in [3.05, 3.63) is 29.3 Å². The Morgan fingerprint density at radius 3 is 2.74 bits per heavy atom. The lowest BCUT2D eigenvalue weighted by Gasteiger charge is -2.54. The van der Waals surface area contributed by atoms with Crippen molar-refractivity contribution in [1.82, 2.24) is 4.90 Å². The highest BCUT2D eigenvalue weighted by Gasteiger charge is 2.59. The normalized spacial score (nSPS) is 39.8. The van der Waals surface area contributed by atoms with Gasteiger partial charge in [-0.15, -0.1) is 0 Å². The number of halogens is 1. The van der Waals surface area contributed by atoms with Crippen LogP contribution in [0.2, 0.25) is 0 Å². The van der Waals surface area contributed by atoms with Gasteiger partial charge < -0.3 is 15.1 Å². The average Bonchev–Trinajstić information content (AvgIpc) is 3.35. The minimum absolute atomic E-state index is 0.0673. The second-order valence-corrected chi connectivity index (χ2v) is 11.3. The highest BCUT2D eigenvalue weighted by Crippen LogP contribution is 2.63. The zero-order valence-electron chi connectivity index (χ0n) is 19.1. The fourth-order valence-electron chi connectivity index (χ4n) is 7.96. The number of likely N-dealkylation sites (tertiary alicyclic amines) is 1. The van der Waals surface area contributed by atoms with Crippen LogP contribution in [0.3, 0.4) is 0 Å². The zero-order chi connectivity index (χ0) is 21.6. The van der Waals surface area contributed by atoms with Gasteiger partial charge >= 0.3 is 0 Å². The van der Waals surface area contributed by atoms with Crippen LogP contribution < -0.4 is 0 Å². The number of hydrogen-bond acceptors (Lipinski definition) is 3. The van der Waals surface area contributed by atoms with E-state index in [0.29, 0.717) is 29.9 Å². The maximum atomic E-state index is 15.8. The van der Waals surface area contributed by atoms with E-state index in [2.05, 4.69) is 11.8 Å². The molecule has 1 aliphatic heterocycles. The van der Waals surface area contributed by atoms with E-state index in [4.69, 9.17) is 0 Å². The number of alkyl halides is 1. The van der Waals surface area contributed by atoms with E-state index in [1.54, 1.807) is 6.07 Å². The molecular formula is C27H40FNO2. The lowest BCUT2D eigenvalue weighted by molar-refractivity contribution is -0.0722. The minimum Gasteiger partial charge on any atom is -0.508 e. The highest BCUT2D eigenvalue weighted by atomic mass is 19.1. The van der Waals surface area contributed by atoms with Gasteiger partial charge in [0.1, 0.15) is 11.9 Å². The number of nitrogens with zero attached hydrogens (tertiary/aromatic N) is 1. The average molecular weight is 430 g/mol. The molecule has 2 N–H and O–H groups in total. The van der Waals surface area contributed by atoms with Crippen LogP contribution in [0.5, 0.6) is 5.75 Å². The summed E-state index contributed by atoms with van der Waals surface area (Å²) in [5.41, 5.74) is 2.01. The maximum Gasteiger partial charge on any atom is 0.115 e. The SMILES string of the molecule is CC12C[C@H](F)C3c4ccc(O)cc4C[C@@H](CCCCCN4CCCC4)C3C1CC[C@@H]2O. The largest absolute Gasteiger partial charge is 0.508 e. The van der Waals surface area contributed by atoms with Crippen LogP contribution >= 0.6 is 0 Å². The van der Waals surface area contributed by atoms with E-state index in [9.17, 15) is 10.2 Å². The van der Waals surface area contributed by atoms with Crippen LogP contribution in [0.25, 0.3) is 0 Å². The van der Waals surface area contributed by atoms with Crippen LogP contribution in [0.1, 0.15) is 81.8 Å². The van der Waals surface area contributed by atoms with Crippen molar-refractivity contribution in [2.24, 2.45) is 23.2 Å². The Balaban J connectivity index is 1.33. The molecule has 0 bridgehead atoms. The molecule has 0 aromatic heterocycles. The smallest absolute Gasteiger partial charge is 0.115 e. The third-order valence-corrected chi connectivity index (χ3v) is 9.52. The molecule has 1 heterocycles. The van der Waals surface area contributed by atoms with Crippen LogP contribution in [-0.4, -0.2) is 47.0 Å². The number of unbranched alkanes of at least 4 members (excludes halogenated alkanes) is 2. The monoisotopic (exact) mass is 429 g/mol. The number of aliphatic hydroxyl groups is 1. The van der Waals surface area contributed by atoms with E-state index >= 15 is 4.39 Å². The van der Waals surface area contributed by atoms with E-state index in [0.717, 1.165) is 36.8 Å². The number of phenolic OH excluding ortho intramolecular Hbond substituents is 1. The van der Waals surface area contributed by atoms with E-state index < -0.39 is 6.17 Å². The zero-order valence-corrected chi connectivity index (χ0v) is 19.1. The summed E-state index contributed by atoms with van der Waals surface area (Å²) in [4.78, 5) is 2.59. The van der Waals surface area contributed by atoms with Gasteiger partial charge in [-0.1, -0.05) is 25.8 Å². The molecule has 3 nitrogen and oxygen atoms in total. The van der Waals surface area contributed by atoms with Crippen LogP contribution in [0, 0.1) is 23.2 Å². The summed E-state index contributed by atoms with van der Waals surface area (Å²) in [6, 6.07) is 5.60. The van der Waals surface area contributed by atoms with Gasteiger partial charge in [-0.3, -0.25) is 0 Å². The number of rotatable bonds is 6. The van der Waals surface area contributed by atoms with Crippen molar-refractivity contribution < 1.29 is 14.6 Å². The predicted octanol–water partition coefficient (Wildman–Crippen LogP) is 5.44. The molecule has 7 atom stereocenters. The number of hydrogen-bond donors (Lipinski definition) is 2. The topological polar surface area (TPSA) is 43.7 Å². The molecule has 1 saturated heterocycles. The number of aliphatic hydroxyl groups excluding tert-OH is 1. The lowest BCUT2D eigenvalue weighted by atomic mass is 9.51. The van der Waals surface area contributed by atoms with Crippen molar-refractivity contribution >= 4 is 0 Å². The van der Waals surface area contributed by atoms with Crippen molar-refractivity contribution in [2.45, 2.75) is 89.3 Å². The van der Waals surface area contributed by atoms with Gasteiger partial charge in [0.2, 0.25) is 0 Å². The molecule has 1 aromatic carbocycles. The molecule has 0 amide bonds. The molecule has 0 spiro atoms. The van der Waals surface area contributed by atoms with Gasteiger partial charge in [0.15, 0.2) is 0 Å². The Hall–Kier alpha value is -1.13. The summed E-state index contributed by atoms with van der Waals surface area (Å²) in [7, 11) is 0. The third kappa shape index (κ3) is 3.93. The Bertz CT molecular complexity index is 778. The van der Waals surface area contributed by atoms with Crippen LogP contribution in [0.15, 0.2) is 18.2 Å². The first kappa shape index (κ1) is 21.7. The number of aromatic hydroxyl groups is 1. The van der Waals surface area contributed by atoms with E-state index in [1.165, 1.54) is 51.7 Å². The third-order valence-electron chi connectivity index (χ3n) is 9.52. The predicted molar refractivity (Wildman–Crippen MR) is 122 cm³/mol. The standard InChI is InChI=1S/C27H40FNO2/c1-27-17-23(28)26-21-9-8-20(30)16-19(21)15-18(25(26)22(27)10-11-24(27)31)7-3-2-4-12-29-13-5-6-14-29/h8-9,16,18,22-26,30-31H,2-7,10-15,17H2,1H3/t18-,22?,23+,24+,25?,26?,27?/m1/s1. The molecule has 2 saturated carbocycles. The molecule has 5 rings (SSSR count). The van der Waals surface area contributed by atoms with Gasteiger partial charge in [0.25, 0.3) is 0 Å². The molecular weight excluding hydrogens is 389 g/mol. The maximum absolute atomic E-state index is 15.8. The van der Waals surface area contributed by atoms with Gasteiger partial charge in [0, 0.05) is 5.92 Å². The molecule has 3 aliphatic carbocycles. The Morgan fingerprint density at radius 2 is 1.94 bits per heavy atom. The molecule has 4 aliphatic rings. The lowest BCUT2D eigenvalue weighted by Crippen LogP contribution is -2.51. The van der Waals surface area contributed by atoms with Crippen molar-refractivity contribution in [2.75, 3.05) is 19.6 Å². The summed E-state index contributed by atoms with van der Waals surface area (Å²) in [6.07, 6.45) is 9.60. The second-order valence-electron chi connectivity index (χ2n) is 11.3. The summed E-state index contributed by atoms with van der Waals surface area (Å²) >= 11 is 0. The minimum atomic E-state index is -0.903. The Kier molecular flexibility index (Phi) is 6.07. The Labute approximate surface area is 187 Å². The molecule has 31 heavy (non-hydrogen) atoms. The fraction of sp³-hybridized carbons (Fsp3) is 0.778. The number of fused-ring (bicyclic) bond motifs is 5. The van der Waals surface area contributed by atoms with E-state index in [1.807, 2.05) is 12.1 Å². The quantitative estimate of drug-likeness (QED) is 0.592. The molecule has 4 unspecified atom stereocenters. The van der Waals surface area contributed by atoms with Gasteiger partial charge in [-0.05, 0) is 117 Å². The first-order valence-corrected chi connectivity index (χ1v) is 12.8. The van der Waals surface area contributed by atoms with Gasteiger partial charge in [0.05, 0.1) is 6.10 Å². The summed E-state index contributed by atoms with van der Waals surface area (Å²) in [5, 5.41) is 20.8. The van der Waals surface area contributed by atoms with Crippen LogP contribution in [-0.2, 0) is 6.42 Å².